The second-order valence-corrected chi connectivity index (χ2v) is 7.13. The molecule has 0 unspecified atom stereocenters. The van der Waals surface area contributed by atoms with Crippen LogP contribution < -0.4 is 5.32 Å². The molecule has 0 fully saturated rings. The van der Waals surface area contributed by atoms with E-state index in [1.54, 1.807) is 12.1 Å². The smallest absolute Gasteiger partial charge is 0.273 e. The van der Waals surface area contributed by atoms with E-state index >= 15 is 0 Å². The van der Waals surface area contributed by atoms with Crippen molar-refractivity contribution in [3.8, 4) is 0 Å². The van der Waals surface area contributed by atoms with E-state index in [4.69, 9.17) is 4.42 Å². The molecule has 2 aromatic carbocycles. The van der Waals surface area contributed by atoms with Crippen LogP contribution in [-0.2, 0) is 19.6 Å². The zero-order valence-corrected chi connectivity index (χ0v) is 16.8. The molecule has 0 aliphatic carbocycles. The molecule has 3 aromatic rings. The zero-order valence-electron chi connectivity index (χ0n) is 16.8. The quantitative estimate of drug-likeness (QED) is 0.578. The number of nitrogens with one attached hydrogen (secondary N) is 1. The van der Waals surface area contributed by atoms with Gasteiger partial charge >= 0.3 is 0 Å². The summed E-state index contributed by atoms with van der Waals surface area (Å²) in [6.07, 6.45) is 2.21. The van der Waals surface area contributed by atoms with Gasteiger partial charge in [-0.05, 0) is 25.0 Å². The maximum Gasteiger partial charge on any atom is 0.273 e. The topological polar surface area (TPSA) is 58.4 Å². The molecule has 6 heteroatoms. The number of carbonyl (C=O) groups excluding carboxylic acids is 1. The van der Waals surface area contributed by atoms with Crippen LogP contribution in [0.4, 0.5) is 4.39 Å². The first-order valence-electron chi connectivity index (χ1n) is 9.80. The molecule has 0 bridgehead atoms. The summed E-state index contributed by atoms with van der Waals surface area (Å²) in [5.41, 5.74) is 1.96. The van der Waals surface area contributed by atoms with Gasteiger partial charge in [-0.3, -0.25) is 9.69 Å². The average molecular weight is 395 g/mol. The molecule has 5 nitrogen and oxygen atoms in total. The van der Waals surface area contributed by atoms with E-state index < -0.39 is 0 Å². The molecule has 152 valence electrons. The Labute approximate surface area is 170 Å². The van der Waals surface area contributed by atoms with Gasteiger partial charge in [-0.1, -0.05) is 55.5 Å². The maximum absolute atomic E-state index is 14.2. The number of nitrogens with zero attached hydrogens (tertiary/aromatic N) is 2. The number of hydrogen-bond acceptors (Lipinski definition) is 4. The average Bonchev–Trinajstić information content (AvgIpc) is 3.19. The van der Waals surface area contributed by atoms with Gasteiger partial charge in [-0.25, -0.2) is 9.37 Å². The molecule has 0 spiro atoms. The number of aromatic nitrogens is 1. The van der Waals surface area contributed by atoms with Gasteiger partial charge in [0.2, 0.25) is 5.89 Å². The van der Waals surface area contributed by atoms with Gasteiger partial charge in [0.15, 0.2) is 5.69 Å². The SMILES string of the molecule is CC[C@@H](C)NC(=O)c1coc(CN(Cc2ccccc2)Cc2ccccc2F)n1. The van der Waals surface area contributed by atoms with Crippen molar-refractivity contribution in [3.63, 3.8) is 0 Å². The fourth-order valence-corrected chi connectivity index (χ4v) is 2.96. The minimum Gasteiger partial charge on any atom is -0.447 e. The molecule has 0 saturated heterocycles. The molecule has 0 aliphatic rings. The molecular weight excluding hydrogens is 369 g/mol. The Morgan fingerprint density at radius 1 is 1.10 bits per heavy atom. The molecule has 0 saturated carbocycles. The van der Waals surface area contributed by atoms with Gasteiger partial charge in [0.05, 0.1) is 6.54 Å². The number of hydrogen-bond donors (Lipinski definition) is 1. The number of rotatable bonds is 9. The van der Waals surface area contributed by atoms with Crippen molar-refractivity contribution in [2.45, 2.75) is 45.9 Å². The maximum atomic E-state index is 14.2. The standard InChI is InChI=1S/C23H26FN3O2/c1-3-17(2)25-23(28)21-16-29-22(26-21)15-27(13-18-9-5-4-6-10-18)14-19-11-7-8-12-20(19)24/h4-12,16-17H,3,13-15H2,1-2H3,(H,25,28)/t17-/m1/s1. The first-order valence-corrected chi connectivity index (χ1v) is 9.80. The van der Waals surface area contributed by atoms with Crippen molar-refractivity contribution in [3.05, 3.63) is 89.4 Å². The summed E-state index contributed by atoms with van der Waals surface area (Å²) in [6.45, 7) is 5.31. The van der Waals surface area contributed by atoms with Gasteiger partial charge in [-0.15, -0.1) is 0 Å². The van der Waals surface area contributed by atoms with Crippen molar-refractivity contribution in [2.24, 2.45) is 0 Å². The third-order valence-electron chi connectivity index (χ3n) is 4.73. The zero-order chi connectivity index (χ0) is 20.6. The Morgan fingerprint density at radius 3 is 2.55 bits per heavy atom. The monoisotopic (exact) mass is 395 g/mol. The summed E-state index contributed by atoms with van der Waals surface area (Å²) in [7, 11) is 0. The Balaban J connectivity index is 1.74. The highest BCUT2D eigenvalue weighted by molar-refractivity contribution is 5.92. The minimum absolute atomic E-state index is 0.0679. The van der Waals surface area contributed by atoms with E-state index in [1.807, 2.05) is 55.1 Å². The lowest BCUT2D eigenvalue weighted by Gasteiger charge is -2.21. The second kappa shape index (κ2) is 9.98. The van der Waals surface area contributed by atoms with Crippen LogP contribution in [0.15, 0.2) is 65.3 Å². The number of oxazole rings is 1. The number of halogens is 1. The van der Waals surface area contributed by atoms with Crippen LogP contribution in [0.25, 0.3) is 0 Å². The van der Waals surface area contributed by atoms with Crippen molar-refractivity contribution in [1.29, 1.82) is 0 Å². The van der Waals surface area contributed by atoms with E-state index in [9.17, 15) is 9.18 Å². The highest BCUT2D eigenvalue weighted by Crippen LogP contribution is 2.16. The Kier molecular flexibility index (Phi) is 7.14. The molecule has 3 rings (SSSR count). The number of carbonyl (C=O) groups is 1. The third kappa shape index (κ3) is 5.99. The van der Waals surface area contributed by atoms with Gasteiger partial charge in [-0.2, -0.15) is 0 Å². The summed E-state index contributed by atoms with van der Waals surface area (Å²) in [5.74, 6) is -0.0729. The number of benzene rings is 2. The summed E-state index contributed by atoms with van der Waals surface area (Å²) < 4.78 is 19.7. The Hall–Kier alpha value is -2.99. The van der Waals surface area contributed by atoms with E-state index in [1.165, 1.54) is 12.3 Å². The summed E-state index contributed by atoms with van der Waals surface area (Å²) in [4.78, 5) is 18.6. The van der Waals surface area contributed by atoms with Crippen LogP contribution in [0.3, 0.4) is 0 Å². The summed E-state index contributed by atoms with van der Waals surface area (Å²) in [6, 6.07) is 16.7. The normalized spacial score (nSPS) is 12.1. The van der Waals surface area contributed by atoms with E-state index in [-0.39, 0.29) is 23.5 Å². The molecule has 0 aliphatic heterocycles. The summed E-state index contributed by atoms with van der Waals surface area (Å²) in [5, 5.41) is 2.88. The third-order valence-corrected chi connectivity index (χ3v) is 4.73. The van der Waals surface area contributed by atoms with Crippen molar-refractivity contribution < 1.29 is 13.6 Å². The van der Waals surface area contributed by atoms with Crippen LogP contribution in [0.5, 0.6) is 0 Å². The fraction of sp³-hybridized carbons (Fsp3) is 0.304. The second-order valence-electron chi connectivity index (χ2n) is 7.13. The van der Waals surface area contributed by atoms with E-state index in [2.05, 4.69) is 10.3 Å². The van der Waals surface area contributed by atoms with Crippen LogP contribution >= 0.6 is 0 Å². The molecule has 0 radical (unpaired) electrons. The molecular formula is C23H26FN3O2. The van der Waals surface area contributed by atoms with Crippen LogP contribution in [0.2, 0.25) is 0 Å². The van der Waals surface area contributed by atoms with Gasteiger partial charge < -0.3 is 9.73 Å². The molecule has 1 atom stereocenters. The Bertz CT molecular complexity index is 927. The Morgan fingerprint density at radius 2 is 1.83 bits per heavy atom. The predicted octanol–water partition coefficient (Wildman–Crippen LogP) is 4.54. The number of amides is 1. The van der Waals surface area contributed by atoms with Gasteiger partial charge in [0.25, 0.3) is 5.91 Å². The summed E-state index contributed by atoms with van der Waals surface area (Å²) >= 11 is 0. The fourth-order valence-electron chi connectivity index (χ4n) is 2.96. The largest absolute Gasteiger partial charge is 0.447 e. The van der Waals surface area contributed by atoms with Gasteiger partial charge in [0.1, 0.15) is 12.1 Å². The highest BCUT2D eigenvalue weighted by Gasteiger charge is 2.17. The molecule has 29 heavy (non-hydrogen) atoms. The molecule has 1 aromatic heterocycles. The van der Waals surface area contributed by atoms with E-state index in [0.717, 1.165) is 12.0 Å². The van der Waals surface area contributed by atoms with Crippen molar-refractivity contribution >= 4 is 5.91 Å². The van der Waals surface area contributed by atoms with Crippen molar-refractivity contribution in [2.75, 3.05) is 0 Å². The lowest BCUT2D eigenvalue weighted by atomic mass is 10.1. The van der Waals surface area contributed by atoms with Crippen molar-refractivity contribution in [1.82, 2.24) is 15.2 Å². The van der Waals surface area contributed by atoms with Crippen LogP contribution in [-0.4, -0.2) is 21.8 Å². The van der Waals surface area contributed by atoms with Crippen LogP contribution in [0, 0.1) is 5.82 Å². The minimum atomic E-state index is -0.252. The lowest BCUT2D eigenvalue weighted by Crippen LogP contribution is -2.32. The molecule has 1 N–H and O–H groups in total. The highest BCUT2D eigenvalue weighted by atomic mass is 19.1. The first-order chi connectivity index (χ1) is 14.0. The molecule has 1 amide bonds. The van der Waals surface area contributed by atoms with Crippen LogP contribution in [0.1, 0.15) is 47.8 Å². The van der Waals surface area contributed by atoms with Gasteiger partial charge in [0, 0.05) is 24.7 Å². The molecule has 1 heterocycles. The van der Waals surface area contributed by atoms with E-state index in [0.29, 0.717) is 31.1 Å². The lowest BCUT2D eigenvalue weighted by molar-refractivity contribution is 0.0934. The first kappa shape index (κ1) is 20.7. The predicted molar refractivity (Wildman–Crippen MR) is 110 cm³/mol.